The van der Waals surface area contributed by atoms with Gasteiger partial charge in [-0.3, -0.25) is 0 Å². The Labute approximate surface area is 122 Å². The summed E-state index contributed by atoms with van der Waals surface area (Å²) in [5, 5.41) is 11.0. The van der Waals surface area contributed by atoms with Crippen molar-refractivity contribution in [1.29, 1.82) is 0 Å². The van der Waals surface area contributed by atoms with Crippen molar-refractivity contribution < 1.29 is 19.5 Å². The first-order valence-electron chi connectivity index (χ1n) is 6.25. The first-order valence-corrected chi connectivity index (χ1v) is 6.62. The van der Waals surface area contributed by atoms with E-state index in [0.717, 1.165) is 10.6 Å². The van der Waals surface area contributed by atoms with Crippen molar-refractivity contribution in [3.8, 4) is 0 Å². The molecule has 7 heteroatoms. The third-order valence-corrected chi connectivity index (χ3v) is 2.88. The molecule has 6 nitrogen and oxygen atoms in total. The molecule has 1 aliphatic rings. The minimum Gasteiger partial charge on any atom is -0.442 e. The summed E-state index contributed by atoms with van der Waals surface area (Å²) >= 11 is 5.74. The first-order chi connectivity index (χ1) is 9.26. The van der Waals surface area contributed by atoms with Crippen molar-refractivity contribution in [2.45, 2.75) is 45.1 Å². The lowest BCUT2D eigenvalue weighted by atomic mass is 10.1. The molecular weight excluding hydrogens is 284 g/mol. The van der Waals surface area contributed by atoms with Gasteiger partial charge in [-0.25, -0.2) is 14.6 Å². The number of aliphatic hydroxyl groups excluding tert-OH is 1. The Kier molecular flexibility index (Phi) is 4.17. The van der Waals surface area contributed by atoms with Crippen LogP contribution in [0.1, 0.15) is 38.8 Å². The van der Waals surface area contributed by atoms with Gasteiger partial charge in [-0.2, -0.15) is 5.06 Å². The van der Waals surface area contributed by atoms with E-state index in [-0.39, 0.29) is 6.42 Å². The Morgan fingerprint density at radius 1 is 1.55 bits per heavy atom. The maximum Gasteiger partial charge on any atom is 0.435 e. The second kappa shape index (κ2) is 5.55. The molecule has 0 aliphatic carbocycles. The van der Waals surface area contributed by atoms with Crippen molar-refractivity contribution >= 4 is 17.7 Å². The molecule has 0 aromatic carbocycles. The fourth-order valence-corrected chi connectivity index (χ4v) is 1.98. The minimum absolute atomic E-state index is 0.253. The van der Waals surface area contributed by atoms with Gasteiger partial charge in [-0.15, -0.1) is 0 Å². The second-order valence-corrected chi connectivity index (χ2v) is 5.92. The van der Waals surface area contributed by atoms with Crippen molar-refractivity contribution in [2.24, 2.45) is 0 Å². The number of hydrogen-bond acceptors (Lipinski definition) is 5. The van der Waals surface area contributed by atoms with E-state index in [2.05, 4.69) is 4.98 Å². The van der Waals surface area contributed by atoms with Gasteiger partial charge in [-0.1, -0.05) is 17.7 Å². The number of nitrogens with zero attached hydrogens (tertiary/aromatic N) is 2. The summed E-state index contributed by atoms with van der Waals surface area (Å²) in [6, 6.07) is 2.90. The van der Waals surface area contributed by atoms with Gasteiger partial charge in [0.25, 0.3) is 0 Å². The number of aliphatic hydroxyl groups is 1. The molecule has 2 atom stereocenters. The maximum atomic E-state index is 12.1. The predicted octanol–water partition coefficient (Wildman–Crippen LogP) is 2.67. The van der Waals surface area contributed by atoms with Crippen molar-refractivity contribution in [1.82, 2.24) is 10.0 Å². The number of amides is 1. The summed E-state index contributed by atoms with van der Waals surface area (Å²) in [4.78, 5) is 21.2. The molecular formula is C13H17ClN2O4. The fraction of sp³-hybridized carbons (Fsp3) is 0.538. The average molecular weight is 301 g/mol. The summed E-state index contributed by atoms with van der Waals surface area (Å²) in [6.07, 6.45) is 0.103. The quantitative estimate of drug-likeness (QED) is 0.807. The summed E-state index contributed by atoms with van der Waals surface area (Å²) in [6.45, 7) is 5.28. The summed E-state index contributed by atoms with van der Waals surface area (Å²) in [5.41, 5.74) is 0.0772. The van der Waals surface area contributed by atoms with E-state index in [1.807, 2.05) is 0 Å². The molecule has 1 aromatic rings. The van der Waals surface area contributed by atoms with E-state index in [1.54, 1.807) is 39.1 Å². The Morgan fingerprint density at radius 2 is 2.25 bits per heavy atom. The second-order valence-electron chi connectivity index (χ2n) is 5.53. The molecule has 1 fully saturated rings. The highest BCUT2D eigenvalue weighted by atomic mass is 35.5. The molecule has 1 aliphatic heterocycles. The normalized spacial score (nSPS) is 22.9. The van der Waals surface area contributed by atoms with Crippen LogP contribution in [0.5, 0.6) is 0 Å². The molecule has 2 heterocycles. The highest BCUT2D eigenvalue weighted by molar-refractivity contribution is 6.29. The Balaban J connectivity index is 2.18. The van der Waals surface area contributed by atoms with Gasteiger partial charge in [0.05, 0.1) is 6.04 Å². The maximum absolute atomic E-state index is 12.1. The number of hydroxylamine groups is 2. The topological polar surface area (TPSA) is 71.9 Å². The summed E-state index contributed by atoms with van der Waals surface area (Å²) in [5.74, 6) is 0. The minimum atomic E-state index is -1.05. The highest BCUT2D eigenvalue weighted by Crippen LogP contribution is 2.34. The van der Waals surface area contributed by atoms with Crippen LogP contribution < -0.4 is 0 Å². The smallest absolute Gasteiger partial charge is 0.435 e. The molecule has 0 spiro atoms. The Morgan fingerprint density at radius 3 is 2.80 bits per heavy atom. The standard InChI is InChI=1S/C13H17ClN2O4/c1-13(2,3)19-12(18)16-9(6-11(17)20-16)8-4-5-10(14)15-7-8/h4-5,7,9,11,17H,6H2,1-3H3. The molecule has 20 heavy (non-hydrogen) atoms. The molecule has 2 rings (SSSR count). The highest BCUT2D eigenvalue weighted by Gasteiger charge is 2.39. The zero-order valence-corrected chi connectivity index (χ0v) is 12.3. The lowest BCUT2D eigenvalue weighted by Gasteiger charge is -2.26. The third-order valence-electron chi connectivity index (χ3n) is 2.65. The number of hydrogen-bond donors (Lipinski definition) is 1. The van der Waals surface area contributed by atoms with Crippen LogP contribution in [0, 0.1) is 0 Å². The molecule has 110 valence electrons. The van der Waals surface area contributed by atoms with Crippen LogP contribution in [0.3, 0.4) is 0 Å². The lowest BCUT2D eigenvalue weighted by molar-refractivity contribution is -0.207. The zero-order valence-electron chi connectivity index (χ0n) is 11.5. The van der Waals surface area contributed by atoms with E-state index in [9.17, 15) is 9.90 Å². The van der Waals surface area contributed by atoms with Crippen LogP contribution in [0.2, 0.25) is 5.15 Å². The van der Waals surface area contributed by atoms with Crippen LogP contribution in [0.15, 0.2) is 18.3 Å². The number of aromatic nitrogens is 1. The van der Waals surface area contributed by atoms with Gasteiger partial charge in [0.15, 0.2) is 6.29 Å². The van der Waals surface area contributed by atoms with Crippen LogP contribution in [-0.2, 0) is 9.57 Å². The summed E-state index contributed by atoms with van der Waals surface area (Å²) in [7, 11) is 0. The van der Waals surface area contributed by atoms with Crippen molar-refractivity contribution in [2.75, 3.05) is 0 Å². The zero-order chi connectivity index (χ0) is 14.9. The molecule has 1 amide bonds. The lowest BCUT2D eigenvalue weighted by Crippen LogP contribution is -2.36. The van der Waals surface area contributed by atoms with E-state index in [4.69, 9.17) is 21.2 Å². The number of rotatable bonds is 1. The molecule has 2 unspecified atom stereocenters. The third kappa shape index (κ3) is 3.59. The van der Waals surface area contributed by atoms with Crippen LogP contribution in [0.4, 0.5) is 4.79 Å². The largest absolute Gasteiger partial charge is 0.442 e. The van der Waals surface area contributed by atoms with Gasteiger partial charge >= 0.3 is 6.09 Å². The summed E-state index contributed by atoms with van der Waals surface area (Å²) < 4.78 is 5.25. The van der Waals surface area contributed by atoms with E-state index in [1.165, 1.54) is 0 Å². The number of carbonyl (C=O) groups excluding carboxylic acids is 1. The van der Waals surface area contributed by atoms with Gasteiger partial charge in [0.2, 0.25) is 0 Å². The van der Waals surface area contributed by atoms with Gasteiger partial charge in [-0.05, 0) is 32.4 Å². The van der Waals surface area contributed by atoms with Crippen molar-refractivity contribution in [3.05, 3.63) is 29.0 Å². The van der Waals surface area contributed by atoms with E-state index >= 15 is 0 Å². The number of halogens is 1. The van der Waals surface area contributed by atoms with E-state index < -0.39 is 24.0 Å². The van der Waals surface area contributed by atoms with Crippen molar-refractivity contribution in [3.63, 3.8) is 0 Å². The number of ether oxygens (including phenoxy) is 1. The molecule has 0 radical (unpaired) electrons. The van der Waals surface area contributed by atoms with Crippen LogP contribution >= 0.6 is 11.6 Å². The SMILES string of the molecule is CC(C)(C)OC(=O)N1OC(O)CC1c1ccc(Cl)nc1. The fourth-order valence-electron chi connectivity index (χ4n) is 1.87. The van der Waals surface area contributed by atoms with Gasteiger partial charge in [0, 0.05) is 12.6 Å². The van der Waals surface area contributed by atoms with Gasteiger partial charge in [0.1, 0.15) is 10.8 Å². The number of pyridine rings is 1. The Hall–Kier alpha value is -1.37. The molecule has 1 saturated heterocycles. The molecule has 1 N–H and O–H groups in total. The molecule has 1 aromatic heterocycles. The van der Waals surface area contributed by atoms with Crippen LogP contribution in [0.25, 0.3) is 0 Å². The molecule has 0 saturated carbocycles. The Bertz CT molecular complexity index is 486. The monoisotopic (exact) mass is 300 g/mol. The van der Waals surface area contributed by atoms with Crippen LogP contribution in [-0.4, -0.2) is 33.1 Å². The predicted molar refractivity (Wildman–Crippen MR) is 71.8 cm³/mol. The first kappa shape index (κ1) is 15.0. The number of carbonyl (C=O) groups is 1. The molecule has 0 bridgehead atoms. The van der Waals surface area contributed by atoms with Gasteiger partial charge < -0.3 is 9.84 Å². The van der Waals surface area contributed by atoms with E-state index in [0.29, 0.717) is 5.15 Å². The average Bonchev–Trinajstić information content (AvgIpc) is 2.70.